The standard InChI is InChI=1S/C16H22F2N2O2/c1-10-3-4-14(22-16(17)18)13(7-10)9-20-15(21)12-5-6-19-11(2)8-12/h3-4,7,11-12,16,19H,5-6,8-9H2,1-2H3,(H,20,21)/t11-,12-/m0/s1. The molecule has 0 aromatic heterocycles. The van der Waals surface area contributed by atoms with Crippen molar-refractivity contribution in [3.05, 3.63) is 29.3 Å². The van der Waals surface area contributed by atoms with Crippen LogP contribution in [0.4, 0.5) is 8.78 Å². The van der Waals surface area contributed by atoms with Crippen LogP contribution in [0.5, 0.6) is 5.75 Å². The van der Waals surface area contributed by atoms with Crippen molar-refractivity contribution in [2.45, 2.75) is 45.9 Å². The van der Waals surface area contributed by atoms with E-state index in [0.29, 0.717) is 11.6 Å². The maximum atomic E-state index is 12.4. The number of aryl methyl sites for hydroxylation is 1. The number of benzene rings is 1. The monoisotopic (exact) mass is 312 g/mol. The summed E-state index contributed by atoms with van der Waals surface area (Å²) in [5, 5.41) is 6.13. The van der Waals surface area contributed by atoms with Crippen molar-refractivity contribution in [3.8, 4) is 5.75 Å². The molecule has 0 radical (unpaired) electrons. The van der Waals surface area contributed by atoms with Crippen molar-refractivity contribution in [1.82, 2.24) is 10.6 Å². The molecule has 2 rings (SSSR count). The van der Waals surface area contributed by atoms with Gasteiger partial charge in [-0.1, -0.05) is 17.7 Å². The summed E-state index contributed by atoms with van der Waals surface area (Å²) in [6, 6.07) is 5.29. The Morgan fingerprint density at radius 1 is 1.50 bits per heavy atom. The van der Waals surface area contributed by atoms with Crippen LogP contribution in [-0.4, -0.2) is 25.1 Å². The first-order valence-corrected chi connectivity index (χ1v) is 7.51. The van der Waals surface area contributed by atoms with Crippen molar-refractivity contribution in [2.75, 3.05) is 6.54 Å². The van der Waals surface area contributed by atoms with Gasteiger partial charge in [0.1, 0.15) is 5.75 Å². The largest absolute Gasteiger partial charge is 0.434 e. The van der Waals surface area contributed by atoms with Gasteiger partial charge in [-0.3, -0.25) is 4.79 Å². The Morgan fingerprint density at radius 2 is 2.27 bits per heavy atom. The zero-order valence-electron chi connectivity index (χ0n) is 12.9. The van der Waals surface area contributed by atoms with Crippen LogP contribution < -0.4 is 15.4 Å². The third-order valence-corrected chi connectivity index (χ3v) is 3.88. The second-order valence-corrected chi connectivity index (χ2v) is 5.78. The van der Waals surface area contributed by atoms with Gasteiger partial charge < -0.3 is 15.4 Å². The Kier molecular flexibility index (Phi) is 5.71. The highest BCUT2D eigenvalue weighted by atomic mass is 19.3. The van der Waals surface area contributed by atoms with Crippen LogP contribution in [0.15, 0.2) is 18.2 Å². The van der Waals surface area contributed by atoms with Crippen molar-refractivity contribution in [3.63, 3.8) is 0 Å². The van der Waals surface area contributed by atoms with Gasteiger partial charge in [0.2, 0.25) is 5.91 Å². The fourth-order valence-electron chi connectivity index (χ4n) is 2.75. The second-order valence-electron chi connectivity index (χ2n) is 5.78. The second kappa shape index (κ2) is 7.54. The SMILES string of the molecule is Cc1ccc(OC(F)F)c(CNC(=O)[C@H]2CCN[C@@H](C)C2)c1. The Hall–Kier alpha value is -1.69. The van der Waals surface area contributed by atoms with Crippen LogP contribution in [-0.2, 0) is 11.3 Å². The number of piperidine rings is 1. The molecule has 1 fully saturated rings. The molecule has 0 unspecified atom stereocenters. The van der Waals surface area contributed by atoms with Gasteiger partial charge in [-0.2, -0.15) is 8.78 Å². The molecule has 1 aliphatic rings. The van der Waals surface area contributed by atoms with Gasteiger partial charge in [-0.15, -0.1) is 0 Å². The van der Waals surface area contributed by atoms with Crippen LogP contribution in [0.1, 0.15) is 30.9 Å². The summed E-state index contributed by atoms with van der Waals surface area (Å²) in [7, 11) is 0. The molecule has 2 atom stereocenters. The van der Waals surface area contributed by atoms with Crippen LogP contribution in [0.25, 0.3) is 0 Å². The summed E-state index contributed by atoms with van der Waals surface area (Å²) >= 11 is 0. The molecule has 22 heavy (non-hydrogen) atoms. The number of carbonyl (C=O) groups is 1. The number of hydrogen-bond donors (Lipinski definition) is 2. The lowest BCUT2D eigenvalue weighted by Crippen LogP contribution is -2.42. The summed E-state index contributed by atoms with van der Waals surface area (Å²) in [5.41, 5.74) is 1.50. The molecule has 6 heteroatoms. The Labute approximate surface area is 129 Å². The zero-order valence-corrected chi connectivity index (χ0v) is 12.9. The van der Waals surface area contributed by atoms with E-state index in [1.165, 1.54) is 6.07 Å². The minimum Gasteiger partial charge on any atom is -0.434 e. The molecular formula is C16H22F2N2O2. The smallest absolute Gasteiger partial charge is 0.387 e. The summed E-state index contributed by atoms with van der Waals surface area (Å²) < 4.78 is 29.3. The van der Waals surface area contributed by atoms with Gasteiger partial charge in [-0.25, -0.2) is 0 Å². The van der Waals surface area contributed by atoms with Crippen LogP contribution >= 0.6 is 0 Å². The first-order valence-electron chi connectivity index (χ1n) is 7.51. The molecule has 2 N–H and O–H groups in total. The molecule has 0 spiro atoms. The quantitative estimate of drug-likeness (QED) is 0.879. The average molecular weight is 312 g/mol. The Bertz CT molecular complexity index is 523. The molecule has 1 heterocycles. The maximum Gasteiger partial charge on any atom is 0.387 e. The predicted octanol–water partition coefficient (Wildman–Crippen LogP) is 2.60. The van der Waals surface area contributed by atoms with Gasteiger partial charge in [0, 0.05) is 24.1 Å². The molecule has 1 aromatic carbocycles. The van der Waals surface area contributed by atoms with E-state index in [0.717, 1.165) is 24.9 Å². The topological polar surface area (TPSA) is 50.4 Å². The van der Waals surface area contributed by atoms with Crippen molar-refractivity contribution in [1.29, 1.82) is 0 Å². The molecule has 4 nitrogen and oxygen atoms in total. The van der Waals surface area contributed by atoms with Crippen molar-refractivity contribution in [2.24, 2.45) is 5.92 Å². The summed E-state index contributed by atoms with van der Waals surface area (Å²) in [4.78, 5) is 12.2. The lowest BCUT2D eigenvalue weighted by Gasteiger charge is -2.27. The highest BCUT2D eigenvalue weighted by Crippen LogP contribution is 2.22. The molecule has 1 aliphatic heterocycles. The predicted molar refractivity (Wildman–Crippen MR) is 79.8 cm³/mol. The lowest BCUT2D eigenvalue weighted by molar-refractivity contribution is -0.126. The number of nitrogens with one attached hydrogen (secondary N) is 2. The molecule has 1 saturated heterocycles. The number of amides is 1. The number of alkyl halides is 2. The zero-order chi connectivity index (χ0) is 16.1. The van der Waals surface area contributed by atoms with E-state index in [4.69, 9.17) is 0 Å². The van der Waals surface area contributed by atoms with Gasteiger partial charge in [0.05, 0.1) is 0 Å². The number of hydrogen-bond acceptors (Lipinski definition) is 3. The van der Waals surface area contributed by atoms with Gasteiger partial charge >= 0.3 is 6.61 Å². The van der Waals surface area contributed by atoms with E-state index in [1.807, 2.05) is 6.92 Å². The van der Waals surface area contributed by atoms with E-state index in [-0.39, 0.29) is 24.1 Å². The lowest BCUT2D eigenvalue weighted by atomic mass is 9.92. The van der Waals surface area contributed by atoms with Gasteiger partial charge in [0.25, 0.3) is 0 Å². The molecule has 122 valence electrons. The molecule has 0 bridgehead atoms. The van der Waals surface area contributed by atoms with Crippen molar-refractivity contribution < 1.29 is 18.3 Å². The molecule has 0 saturated carbocycles. The van der Waals surface area contributed by atoms with Crippen LogP contribution in [0, 0.1) is 12.8 Å². The number of ether oxygens (including phenoxy) is 1. The van der Waals surface area contributed by atoms with Gasteiger partial charge in [0.15, 0.2) is 0 Å². The first kappa shape index (κ1) is 16.7. The van der Waals surface area contributed by atoms with Crippen LogP contribution in [0.3, 0.4) is 0 Å². The highest BCUT2D eigenvalue weighted by Gasteiger charge is 2.24. The molecule has 1 amide bonds. The van der Waals surface area contributed by atoms with E-state index < -0.39 is 6.61 Å². The number of carbonyl (C=O) groups excluding carboxylic acids is 1. The van der Waals surface area contributed by atoms with E-state index in [1.54, 1.807) is 12.1 Å². The fourth-order valence-corrected chi connectivity index (χ4v) is 2.75. The summed E-state index contributed by atoms with van der Waals surface area (Å²) in [5.74, 6) is 0.0537. The van der Waals surface area contributed by atoms with E-state index >= 15 is 0 Å². The van der Waals surface area contributed by atoms with E-state index in [9.17, 15) is 13.6 Å². The van der Waals surface area contributed by atoms with Crippen molar-refractivity contribution >= 4 is 5.91 Å². The minimum atomic E-state index is -2.87. The summed E-state index contributed by atoms with van der Waals surface area (Å²) in [6.45, 7) is 2.06. The average Bonchev–Trinajstić information content (AvgIpc) is 2.46. The van der Waals surface area contributed by atoms with Crippen LogP contribution in [0.2, 0.25) is 0 Å². The normalized spacial score (nSPS) is 21.7. The highest BCUT2D eigenvalue weighted by molar-refractivity contribution is 5.78. The third-order valence-electron chi connectivity index (χ3n) is 3.88. The molecular weight excluding hydrogens is 290 g/mol. The Morgan fingerprint density at radius 3 is 2.95 bits per heavy atom. The summed E-state index contributed by atoms with van der Waals surface area (Å²) in [6.07, 6.45) is 1.59. The molecule has 1 aromatic rings. The third kappa shape index (κ3) is 4.66. The maximum absolute atomic E-state index is 12.4. The Balaban J connectivity index is 1.98. The van der Waals surface area contributed by atoms with Gasteiger partial charge in [-0.05, 0) is 39.3 Å². The number of halogens is 2. The first-order chi connectivity index (χ1) is 10.5. The van der Waals surface area contributed by atoms with E-state index in [2.05, 4.69) is 22.3 Å². The minimum absolute atomic E-state index is 0.0273. The fraction of sp³-hybridized carbons (Fsp3) is 0.562. The number of rotatable bonds is 5. The molecule has 0 aliphatic carbocycles.